The van der Waals surface area contributed by atoms with Gasteiger partial charge < -0.3 is 5.32 Å². The van der Waals surface area contributed by atoms with Crippen LogP contribution >= 0.6 is 0 Å². The first-order valence-corrected chi connectivity index (χ1v) is 5.29. The van der Waals surface area contributed by atoms with E-state index in [9.17, 15) is 0 Å². The number of aromatic nitrogens is 2. The Bertz CT molecular complexity index is 506. The fourth-order valence-corrected chi connectivity index (χ4v) is 1.65. The SMILES string of the molecule is CNc1ncc(C)c(-c2cccc(C)c2)n1. The predicted molar refractivity (Wildman–Crippen MR) is 66.5 cm³/mol. The zero-order valence-corrected chi connectivity index (χ0v) is 9.78. The number of aryl methyl sites for hydroxylation is 2. The number of hydrogen-bond acceptors (Lipinski definition) is 3. The second-order valence-corrected chi connectivity index (χ2v) is 3.84. The molecule has 2 rings (SSSR count). The second kappa shape index (κ2) is 4.31. The molecule has 0 aliphatic heterocycles. The summed E-state index contributed by atoms with van der Waals surface area (Å²) >= 11 is 0. The summed E-state index contributed by atoms with van der Waals surface area (Å²) in [6.45, 7) is 4.11. The number of hydrogen-bond donors (Lipinski definition) is 1. The molecular weight excluding hydrogens is 198 g/mol. The Morgan fingerprint density at radius 2 is 2.00 bits per heavy atom. The lowest BCUT2D eigenvalue weighted by Crippen LogP contribution is -1.99. The van der Waals surface area contributed by atoms with E-state index in [1.165, 1.54) is 5.56 Å². The van der Waals surface area contributed by atoms with Crippen LogP contribution in [0, 0.1) is 13.8 Å². The van der Waals surface area contributed by atoms with Crippen molar-refractivity contribution < 1.29 is 0 Å². The normalized spacial score (nSPS) is 10.2. The summed E-state index contributed by atoms with van der Waals surface area (Å²) in [6.07, 6.45) is 1.84. The van der Waals surface area contributed by atoms with Crippen LogP contribution in [0.4, 0.5) is 5.95 Å². The monoisotopic (exact) mass is 213 g/mol. The average Bonchev–Trinajstić information content (AvgIpc) is 2.30. The first kappa shape index (κ1) is 10.6. The van der Waals surface area contributed by atoms with Crippen LogP contribution in [-0.4, -0.2) is 17.0 Å². The van der Waals surface area contributed by atoms with Gasteiger partial charge in [-0.15, -0.1) is 0 Å². The van der Waals surface area contributed by atoms with E-state index in [0.29, 0.717) is 5.95 Å². The Kier molecular flexibility index (Phi) is 2.86. The minimum absolute atomic E-state index is 0.655. The molecule has 0 saturated carbocycles. The van der Waals surface area contributed by atoms with E-state index in [-0.39, 0.29) is 0 Å². The van der Waals surface area contributed by atoms with E-state index in [1.54, 1.807) is 0 Å². The van der Waals surface area contributed by atoms with Crippen molar-refractivity contribution in [3.8, 4) is 11.3 Å². The lowest BCUT2D eigenvalue weighted by atomic mass is 10.1. The van der Waals surface area contributed by atoms with Crippen molar-refractivity contribution in [1.82, 2.24) is 9.97 Å². The molecule has 1 heterocycles. The fraction of sp³-hybridized carbons (Fsp3) is 0.231. The van der Waals surface area contributed by atoms with E-state index < -0.39 is 0 Å². The molecule has 0 radical (unpaired) electrons. The topological polar surface area (TPSA) is 37.8 Å². The summed E-state index contributed by atoms with van der Waals surface area (Å²) in [6, 6.07) is 8.33. The summed E-state index contributed by atoms with van der Waals surface area (Å²) < 4.78 is 0. The molecular formula is C13H15N3. The maximum Gasteiger partial charge on any atom is 0.222 e. The lowest BCUT2D eigenvalue weighted by Gasteiger charge is -2.07. The molecule has 0 bridgehead atoms. The third-order valence-corrected chi connectivity index (χ3v) is 2.49. The first-order chi connectivity index (χ1) is 7.70. The van der Waals surface area contributed by atoms with E-state index in [4.69, 9.17) is 0 Å². The zero-order chi connectivity index (χ0) is 11.5. The molecule has 0 unspecified atom stereocenters. The number of nitrogens with one attached hydrogen (secondary N) is 1. The molecule has 0 amide bonds. The number of rotatable bonds is 2. The number of anilines is 1. The smallest absolute Gasteiger partial charge is 0.222 e. The van der Waals surface area contributed by atoms with Crippen molar-refractivity contribution in [3.63, 3.8) is 0 Å². The van der Waals surface area contributed by atoms with E-state index in [0.717, 1.165) is 16.8 Å². The quantitative estimate of drug-likeness (QED) is 0.833. The van der Waals surface area contributed by atoms with Gasteiger partial charge in [0, 0.05) is 18.8 Å². The summed E-state index contributed by atoms with van der Waals surface area (Å²) in [5.74, 6) is 0.655. The van der Waals surface area contributed by atoms with Crippen LogP contribution in [-0.2, 0) is 0 Å². The van der Waals surface area contributed by atoms with Crippen LogP contribution < -0.4 is 5.32 Å². The molecule has 0 atom stereocenters. The van der Waals surface area contributed by atoms with Gasteiger partial charge in [0.15, 0.2) is 0 Å². The van der Waals surface area contributed by atoms with Gasteiger partial charge in [-0.05, 0) is 25.5 Å². The van der Waals surface area contributed by atoms with Crippen molar-refractivity contribution in [1.29, 1.82) is 0 Å². The Morgan fingerprint density at radius 3 is 2.69 bits per heavy atom. The highest BCUT2D eigenvalue weighted by atomic mass is 15.1. The molecule has 0 fully saturated rings. The van der Waals surface area contributed by atoms with Gasteiger partial charge in [0.25, 0.3) is 0 Å². The molecule has 1 aromatic carbocycles. The standard InChI is InChI=1S/C13H15N3/c1-9-5-4-6-11(7-9)12-10(2)8-15-13(14-3)16-12/h4-8H,1-3H3,(H,14,15,16). The Balaban J connectivity index is 2.54. The summed E-state index contributed by atoms with van der Waals surface area (Å²) in [5, 5.41) is 2.96. The highest BCUT2D eigenvalue weighted by Crippen LogP contribution is 2.22. The highest BCUT2D eigenvalue weighted by Gasteiger charge is 2.05. The van der Waals surface area contributed by atoms with Gasteiger partial charge in [-0.3, -0.25) is 0 Å². The van der Waals surface area contributed by atoms with Gasteiger partial charge >= 0.3 is 0 Å². The largest absolute Gasteiger partial charge is 0.357 e. The molecule has 3 nitrogen and oxygen atoms in total. The van der Waals surface area contributed by atoms with Crippen LogP contribution in [0.1, 0.15) is 11.1 Å². The van der Waals surface area contributed by atoms with Gasteiger partial charge in [0.1, 0.15) is 0 Å². The predicted octanol–water partition coefficient (Wildman–Crippen LogP) is 2.80. The van der Waals surface area contributed by atoms with Gasteiger partial charge in [-0.1, -0.05) is 23.8 Å². The Hall–Kier alpha value is -1.90. The van der Waals surface area contributed by atoms with E-state index >= 15 is 0 Å². The first-order valence-electron chi connectivity index (χ1n) is 5.29. The lowest BCUT2D eigenvalue weighted by molar-refractivity contribution is 1.12. The van der Waals surface area contributed by atoms with Crippen LogP contribution in [0.25, 0.3) is 11.3 Å². The van der Waals surface area contributed by atoms with Gasteiger partial charge in [-0.25, -0.2) is 9.97 Å². The van der Waals surface area contributed by atoms with Crippen LogP contribution in [0.2, 0.25) is 0 Å². The Labute approximate surface area is 95.6 Å². The molecule has 1 N–H and O–H groups in total. The molecule has 0 aliphatic rings. The van der Waals surface area contributed by atoms with Crippen molar-refractivity contribution >= 4 is 5.95 Å². The van der Waals surface area contributed by atoms with Crippen LogP contribution in [0.15, 0.2) is 30.5 Å². The molecule has 0 aliphatic carbocycles. The molecule has 0 saturated heterocycles. The van der Waals surface area contributed by atoms with Crippen LogP contribution in [0.5, 0.6) is 0 Å². The van der Waals surface area contributed by atoms with E-state index in [2.05, 4.69) is 40.4 Å². The Morgan fingerprint density at radius 1 is 1.19 bits per heavy atom. The van der Waals surface area contributed by atoms with Gasteiger partial charge in [0.05, 0.1) is 5.69 Å². The highest BCUT2D eigenvalue weighted by molar-refractivity contribution is 5.64. The third-order valence-electron chi connectivity index (χ3n) is 2.49. The fourth-order valence-electron chi connectivity index (χ4n) is 1.65. The zero-order valence-electron chi connectivity index (χ0n) is 9.78. The van der Waals surface area contributed by atoms with Crippen molar-refractivity contribution in [2.45, 2.75) is 13.8 Å². The summed E-state index contributed by atoms with van der Waals surface area (Å²) in [4.78, 5) is 8.66. The minimum atomic E-state index is 0.655. The second-order valence-electron chi connectivity index (χ2n) is 3.84. The van der Waals surface area contributed by atoms with Gasteiger partial charge in [-0.2, -0.15) is 0 Å². The van der Waals surface area contributed by atoms with Gasteiger partial charge in [0.2, 0.25) is 5.95 Å². The molecule has 1 aromatic heterocycles. The molecule has 16 heavy (non-hydrogen) atoms. The number of nitrogens with zero attached hydrogens (tertiary/aromatic N) is 2. The van der Waals surface area contributed by atoms with Crippen molar-refractivity contribution in [3.05, 3.63) is 41.6 Å². The summed E-state index contributed by atoms with van der Waals surface area (Å²) in [5.41, 5.74) is 4.45. The number of benzene rings is 1. The maximum atomic E-state index is 4.48. The maximum absolute atomic E-state index is 4.48. The van der Waals surface area contributed by atoms with E-state index in [1.807, 2.05) is 26.2 Å². The van der Waals surface area contributed by atoms with Crippen molar-refractivity contribution in [2.75, 3.05) is 12.4 Å². The molecule has 0 spiro atoms. The minimum Gasteiger partial charge on any atom is -0.357 e. The molecule has 3 heteroatoms. The molecule has 2 aromatic rings. The summed E-state index contributed by atoms with van der Waals surface area (Å²) in [7, 11) is 1.82. The third kappa shape index (κ3) is 2.03. The molecule has 82 valence electrons. The average molecular weight is 213 g/mol. The van der Waals surface area contributed by atoms with Crippen LogP contribution in [0.3, 0.4) is 0 Å². The van der Waals surface area contributed by atoms with Crippen molar-refractivity contribution in [2.24, 2.45) is 0 Å².